The van der Waals surface area contributed by atoms with Crippen LogP contribution < -0.4 is 10.6 Å². The fourth-order valence-electron chi connectivity index (χ4n) is 2.16. The third kappa shape index (κ3) is 5.53. The standard InChI is InChI=1S/C17H22N4O.HI/c1-2-18-17(19-10-13-8-9-13)20-11-15-12-22-16(21-15)14-6-4-3-5-7-14;/h3-7,12-13H,2,8-11H2,1H3,(H2,18,19,20);1H. The number of rotatable bonds is 6. The first kappa shape index (κ1) is 17.8. The second kappa shape index (κ2) is 8.90. The Morgan fingerprint density at radius 1 is 1.26 bits per heavy atom. The van der Waals surface area contributed by atoms with Gasteiger partial charge in [0, 0.05) is 18.7 Å². The van der Waals surface area contributed by atoms with Crippen LogP contribution in [0.1, 0.15) is 25.5 Å². The number of oxazole rings is 1. The van der Waals surface area contributed by atoms with E-state index >= 15 is 0 Å². The summed E-state index contributed by atoms with van der Waals surface area (Å²) in [5.41, 5.74) is 1.82. The Bertz CT molecular complexity index is 623. The highest BCUT2D eigenvalue weighted by molar-refractivity contribution is 14.0. The van der Waals surface area contributed by atoms with Crippen LogP contribution in [0.4, 0.5) is 0 Å². The molecule has 0 spiro atoms. The lowest BCUT2D eigenvalue weighted by Gasteiger charge is -2.09. The Hall–Kier alpha value is -1.57. The van der Waals surface area contributed by atoms with E-state index in [9.17, 15) is 0 Å². The fourth-order valence-corrected chi connectivity index (χ4v) is 2.16. The molecule has 23 heavy (non-hydrogen) atoms. The molecule has 0 aliphatic heterocycles. The molecule has 0 unspecified atom stereocenters. The van der Waals surface area contributed by atoms with Crippen molar-refractivity contribution < 1.29 is 4.42 Å². The van der Waals surface area contributed by atoms with Crippen molar-refractivity contribution in [3.05, 3.63) is 42.3 Å². The van der Waals surface area contributed by atoms with Crippen LogP contribution >= 0.6 is 24.0 Å². The largest absolute Gasteiger partial charge is 0.444 e. The number of aromatic nitrogens is 1. The smallest absolute Gasteiger partial charge is 0.226 e. The molecule has 1 fully saturated rings. The van der Waals surface area contributed by atoms with E-state index < -0.39 is 0 Å². The van der Waals surface area contributed by atoms with Crippen molar-refractivity contribution >= 4 is 29.9 Å². The zero-order valence-corrected chi connectivity index (χ0v) is 15.6. The van der Waals surface area contributed by atoms with E-state index in [1.165, 1.54) is 12.8 Å². The number of guanidine groups is 1. The molecule has 1 aliphatic carbocycles. The Morgan fingerprint density at radius 2 is 2.04 bits per heavy atom. The predicted octanol–water partition coefficient (Wildman–Crippen LogP) is 3.42. The van der Waals surface area contributed by atoms with Crippen molar-refractivity contribution in [3.8, 4) is 11.5 Å². The van der Waals surface area contributed by atoms with Crippen LogP contribution in [0.3, 0.4) is 0 Å². The molecule has 2 N–H and O–H groups in total. The maximum atomic E-state index is 5.53. The van der Waals surface area contributed by atoms with Crippen LogP contribution in [0.15, 0.2) is 46.0 Å². The first-order chi connectivity index (χ1) is 10.8. The number of nitrogens with zero attached hydrogens (tertiary/aromatic N) is 2. The number of aliphatic imine (C=N–C) groups is 1. The topological polar surface area (TPSA) is 62.5 Å². The average Bonchev–Trinajstić information content (AvgIpc) is 3.27. The van der Waals surface area contributed by atoms with Gasteiger partial charge in [-0.25, -0.2) is 9.98 Å². The Kier molecular flexibility index (Phi) is 6.88. The highest BCUT2D eigenvalue weighted by atomic mass is 127. The maximum Gasteiger partial charge on any atom is 0.226 e. The molecule has 0 bridgehead atoms. The van der Waals surface area contributed by atoms with E-state index in [4.69, 9.17) is 4.42 Å². The third-order valence-corrected chi connectivity index (χ3v) is 3.57. The van der Waals surface area contributed by atoms with E-state index in [0.717, 1.165) is 36.2 Å². The summed E-state index contributed by atoms with van der Waals surface area (Å²) in [5, 5.41) is 6.63. The zero-order chi connectivity index (χ0) is 15.2. The molecule has 2 aromatic rings. The van der Waals surface area contributed by atoms with Gasteiger partial charge < -0.3 is 15.1 Å². The summed E-state index contributed by atoms with van der Waals surface area (Å²) in [6.07, 6.45) is 4.34. The van der Waals surface area contributed by atoms with Crippen molar-refractivity contribution in [1.29, 1.82) is 0 Å². The summed E-state index contributed by atoms with van der Waals surface area (Å²) < 4.78 is 5.53. The van der Waals surface area contributed by atoms with Gasteiger partial charge in [0.15, 0.2) is 5.96 Å². The van der Waals surface area contributed by atoms with E-state index in [2.05, 4.69) is 27.5 Å². The first-order valence-corrected chi connectivity index (χ1v) is 7.87. The van der Waals surface area contributed by atoms with E-state index in [1.807, 2.05) is 30.3 Å². The summed E-state index contributed by atoms with van der Waals surface area (Å²) in [5.74, 6) is 2.31. The first-order valence-electron chi connectivity index (χ1n) is 7.87. The number of benzene rings is 1. The number of hydrogen-bond acceptors (Lipinski definition) is 3. The van der Waals surface area contributed by atoms with Gasteiger partial charge in [-0.3, -0.25) is 0 Å². The molecule has 1 heterocycles. The lowest BCUT2D eigenvalue weighted by molar-refractivity contribution is 0.572. The van der Waals surface area contributed by atoms with Gasteiger partial charge in [-0.05, 0) is 37.8 Å². The second-order valence-electron chi connectivity index (χ2n) is 5.53. The summed E-state index contributed by atoms with van der Waals surface area (Å²) in [7, 11) is 0. The molecule has 0 atom stereocenters. The van der Waals surface area contributed by atoms with Crippen LogP contribution in [0.5, 0.6) is 0 Å². The average molecular weight is 426 g/mol. The SMILES string of the molecule is CCNC(=NCc1coc(-c2ccccc2)n1)NCC1CC1.I. The second-order valence-corrected chi connectivity index (χ2v) is 5.53. The monoisotopic (exact) mass is 426 g/mol. The normalized spacial score (nSPS) is 14.2. The summed E-state index contributed by atoms with van der Waals surface area (Å²) in [6.45, 7) is 4.43. The molecule has 0 amide bonds. The van der Waals surface area contributed by atoms with Gasteiger partial charge in [0.25, 0.3) is 0 Å². The lowest BCUT2D eigenvalue weighted by atomic mass is 10.2. The summed E-state index contributed by atoms with van der Waals surface area (Å²) in [4.78, 5) is 9.05. The fraction of sp³-hybridized carbons (Fsp3) is 0.412. The molecule has 5 nitrogen and oxygen atoms in total. The minimum atomic E-state index is 0. The molecule has 1 aliphatic rings. The zero-order valence-electron chi connectivity index (χ0n) is 13.3. The van der Waals surface area contributed by atoms with Crippen molar-refractivity contribution in [2.45, 2.75) is 26.3 Å². The Morgan fingerprint density at radius 3 is 2.74 bits per heavy atom. The van der Waals surface area contributed by atoms with Gasteiger partial charge in [-0.15, -0.1) is 24.0 Å². The van der Waals surface area contributed by atoms with Gasteiger partial charge >= 0.3 is 0 Å². The van der Waals surface area contributed by atoms with Gasteiger partial charge in [0.05, 0.1) is 6.54 Å². The lowest BCUT2D eigenvalue weighted by Crippen LogP contribution is -2.38. The Labute approximate surface area is 154 Å². The minimum absolute atomic E-state index is 0. The van der Waals surface area contributed by atoms with E-state index in [0.29, 0.717) is 12.4 Å². The van der Waals surface area contributed by atoms with Crippen LogP contribution in [0.2, 0.25) is 0 Å². The molecule has 1 saturated carbocycles. The highest BCUT2D eigenvalue weighted by Crippen LogP contribution is 2.27. The van der Waals surface area contributed by atoms with E-state index in [1.54, 1.807) is 6.26 Å². The summed E-state index contributed by atoms with van der Waals surface area (Å²) >= 11 is 0. The van der Waals surface area contributed by atoms with Crippen LogP contribution in [0.25, 0.3) is 11.5 Å². The van der Waals surface area contributed by atoms with Crippen molar-refractivity contribution in [2.24, 2.45) is 10.9 Å². The quantitative estimate of drug-likeness (QED) is 0.422. The summed E-state index contributed by atoms with van der Waals surface area (Å²) in [6, 6.07) is 9.90. The molecular weight excluding hydrogens is 403 g/mol. The maximum absolute atomic E-state index is 5.53. The van der Waals surface area contributed by atoms with Crippen molar-refractivity contribution in [2.75, 3.05) is 13.1 Å². The van der Waals surface area contributed by atoms with Gasteiger partial charge in [0.1, 0.15) is 12.0 Å². The molecule has 1 aromatic heterocycles. The minimum Gasteiger partial charge on any atom is -0.444 e. The number of nitrogens with one attached hydrogen (secondary N) is 2. The van der Waals surface area contributed by atoms with E-state index in [-0.39, 0.29) is 24.0 Å². The van der Waals surface area contributed by atoms with Gasteiger partial charge in [0.2, 0.25) is 5.89 Å². The molecule has 0 radical (unpaired) electrons. The van der Waals surface area contributed by atoms with Gasteiger partial charge in [-0.2, -0.15) is 0 Å². The predicted molar refractivity (Wildman–Crippen MR) is 103 cm³/mol. The van der Waals surface area contributed by atoms with Crippen LogP contribution in [0, 0.1) is 5.92 Å². The van der Waals surface area contributed by atoms with Crippen molar-refractivity contribution in [1.82, 2.24) is 15.6 Å². The third-order valence-electron chi connectivity index (χ3n) is 3.57. The molecule has 6 heteroatoms. The highest BCUT2D eigenvalue weighted by Gasteiger charge is 2.21. The molecular formula is C17H23IN4O. The van der Waals surface area contributed by atoms with Crippen LogP contribution in [-0.4, -0.2) is 24.0 Å². The molecule has 0 saturated heterocycles. The molecule has 1 aromatic carbocycles. The number of halogens is 1. The van der Waals surface area contributed by atoms with Gasteiger partial charge in [-0.1, -0.05) is 18.2 Å². The number of hydrogen-bond donors (Lipinski definition) is 2. The van der Waals surface area contributed by atoms with Crippen molar-refractivity contribution in [3.63, 3.8) is 0 Å². The molecule has 3 rings (SSSR count). The van der Waals surface area contributed by atoms with Crippen LogP contribution in [-0.2, 0) is 6.54 Å². The molecule has 124 valence electrons. The Balaban J connectivity index is 0.00000192.